The zero-order valence-electron chi connectivity index (χ0n) is 11.4. The molecule has 5 nitrogen and oxygen atoms in total. The largest absolute Gasteiger partial charge is 0.481 e. The Labute approximate surface area is 121 Å². The van der Waals surface area contributed by atoms with Crippen molar-refractivity contribution in [2.24, 2.45) is 0 Å². The number of carbonyl (C=O) groups excluding carboxylic acids is 1. The number of hydrogen-bond acceptors (Lipinski definition) is 3. The summed E-state index contributed by atoms with van der Waals surface area (Å²) in [6.45, 7) is 0.985. The molecule has 0 aromatic heterocycles. The fraction of sp³-hybridized carbons (Fsp3) is 0.333. The molecular weight excluding hydrogens is 277 g/mol. The van der Waals surface area contributed by atoms with Crippen molar-refractivity contribution in [1.29, 1.82) is 0 Å². The van der Waals surface area contributed by atoms with Gasteiger partial charge in [-0.1, -0.05) is 12.1 Å². The number of benzene rings is 1. The minimum absolute atomic E-state index is 0.128. The van der Waals surface area contributed by atoms with Gasteiger partial charge in [-0.3, -0.25) is 9.59 Å². The van der Waals surface area contributed by atoms with Crippen molar-refractivity contribution in [3.8, 4) is 0 Å². The molecule has 0 bridgehead atoms. The van der Waals surface area contributed by atoms with Crippen molar-refractivity contribution < 1.29 is 23.8 Å². The van der Waals surface area contributed by atoms with Gasteiger partial charge in [-0.25, -0.2) is 4.39 Å². The first-order valence-electron chi connectivity index (χ1n) is 6.60. The summed E-state index contributed by atoms with van der Waals surface area (Å²) in [5.41, 5.74) is 0.596. The van der Waals surface area contributed by atoms with E-state index >= 15 is 0 Å². The number of hydrogen-bond donors (Lipinski definition) is 1. The average molecular weight is 293 g/mol. The van der Waals surface area contributed by atoms with Crippen LogP contribution in [0.15, 0.2) is 30.3 Å². The molecular formula is C15H16FNO4. The number of amides is 1. The van der Waals surface area contributed by atoms with Crippen LogP contribution in [0.2, 0.25) is 0 Å². The molecule has 1 fully saturated rings. The SMILES string of the molecule is O=C(O)CC1CN(C(=O)/C=C/c2cccc(F)c2)CCO1. The lowest BCUT2D eigenvalue weighted by Gasteiger charge is -2.31. The Morgan fingerprint density at radius 2 is 2.29 bits per heavy atom. The smallest absolute Gasteiger partial charge is 0.306 e. The predicted octanol–water partition coefficient (Wildman–Crippen LogP) is 1.54. The van der Waals surface area contributed by atoms with Gasteiger partial charge in [0.05, 0.1) is 19.1 Å². The number of nitrogens with zero attached hydrogens (tertiary/aromatic N) is 1. The van der Waals surface area contributed by atoms with Gasteiger partial charge in [0.25, 0.3) is 0 Å². The molecule has 1 aliphatic heterocycles. The van der Waals surface area contributed by atoms with Crippen LogP contribution in [0, 0.1) is 5.82 Å². The summed E-state index contributed by atoms with van der Waals surface area (Å²) < 4.78 is 18.3. The summed E-state index contributed by atoms with van der Waals surface area (Å²) in [5, 5.41) is 8.74. The van der Waals surface area contributed by atoms with Crippen molar-refractivity contribution in [2.45, 2.75) is 12.5 Å². The van der Waals surface area contributed by atoms with Crippen LogP contribution in [0.1, 0.15) is 12.0 Å². The van der Waals surface area contributed by atoms with Gasteiger partial charge >= 0.3 is 5.97 Å². The summed E-state index contributed by atoms with van der Waals surface area (Å²) >= 11 is 0. The van der Waals surface area contributed by atoms with Crippen LogP contribution in [0.4, 0.5) is 4.39 Å². The molecule has 21 heavy (non-hydrogen) atoms. The topological polar surface area (TPSA) is 66.8 Å². The summed E-state index contributed by atoms with van der Waals surface area (Å²) in [7, 11) is 0. The molecule has 0 radical (unpaired) electrons. The summed E-state index contributed by atoms with van der Waals surface area (Å²) in [6.07, 6.45) is 2.28. The summed E-state index contributed by atoms with van der Waals surface area (Å²) in [6, 6.07) is 5.92. The second-order valence-electron chi connectivity index (χ2n) is 4.76. The van der Waals surface area contributed by atoms with Crippen LogP contribution in [0.25, 0.3) is 6.08 Å². The molecule has 1 heterocycles. The molecule has 1 N–H and O–H groups in total. The third-order valence-corrected chi connectivity index (χ3v) is 3.12. The van der Waals surface area contributed by atoms with Crippen molar-refractivity contribution in [3.63, 3.8) is 0 Å². The standard InChI is InChI=1S/C15H16FNO4/c16-12-3-1-2-11(8-12)4-5-14(18)17-6-7-21-13(10-17)9-15(19)20/h1-5,8,13H,6-7,9-10H2,(H,19,20)/b5-4+. The molecule has 112 valence electrons. The number of halogens is 1. The number of aliphatic carboxylic acids is 1. The lowest BCUT2D eigenvalue weighted by Crippen LogP contribution is -2.45. The van der Waals surface area contributed by atoms with E-state index in [1.807, 2.05) is 0 Å². The third-order valence-electron chi connectivity index (χ3n) is 3.12. The maximum Gasteiger partial charge on any atom is 0.306 e. The first-order valence-corrected chi connectivity index (χ1v) is 6.60. The lowest BCUT2D eigenvalue weighted by atomic mass is 10.2. The molecule has 1 aliphatic rings. The predicted molar refractivity (Wildman–Crippen MR) is 74.0 cm³/mol. The number of carboxylic acid groups (broad SMARTS) is 1. The van der Waals surface area contributed by atoms with Gasteiger partial charge in [0.1, 0.15) is 5.82 Å². The zero-order valence-corrected chi connectivity index (χ0v) is 11.4. The van der Waals surface area contributed by atoms with Crippen molar-refractivity contribution in [3.05, 3.63) is 41.7 Å². The molecule has 1 aromatic rings. The zero-order chi connectivity index (χ0) is 15.2. The highest BCUT2D eigenvalue weighted by molar-refractivity contribution is 5.91. The number of rotatable bonds is 4. The Morgan fingerprint density at radius 3 is 3.00 bits per heavy atom. The number of carboxylic acids is 1. The quantitative estimate of drug-likeness (QED) is 0.855. The molecule has 0 aliphatic carbocycles. The van der Waals surface area contributed by atoms with Gasteiger partial charge in [0.15, 0.2) is 0 Å². The molecule has 6 heteroatoms. The van der Waals surface area contributed by atoms with E-state index in [2.05, 4.69) is 0 Å². The minimum atomic E-state index is -0.954. The van der Waals surface area contributed by atoms with E-state index in [9.17, 15) is 14.0 Å². The van der Waals surface area contributed by atoms with E-state index < -0.39 is 12.1 Å². The van der Waals surface area contributed by atoms with Crippen LogP contribution < -0.4 is 0 Å². The normalized spacial score (nSPS) is 18.9. The number of carbonyl (C=O) groups is 2. The van der Waals surface area contributed by atoms with Gasteiger partial charge in [-0.2, -0.15) is 0 Å². The van der Waals surface area contributed by atoms with Crippen LogP contribution in [0.5, 0.6) is 0 Å². The summed E-state index contributed by atoms with van der Waals surface area (Å²) in [5.74, 6) is -1.56. The number of morpholine rings is 1. The van der Waals surface area contributed by atoms with E-state index in [1.54, 1.807) is 12.1 Å². The molecule has 1 saturated heterocycles. The Kier molecular flexibility index (Phi) is 5.05. The van der Waals surface area contributed by atoms with Gasteiger partial charge in [0.2, 0.25) is 5.91 Å². The molecule has 2 rings (SSSR count). The van der Waals surface area contributed by atoms with Gasteiger partial charge in [-0.05, 0) is 23.8 Å². The molecule has 1 aromatic carbocycles. The highest BCUT2D eigenvalue weighted by Gasteiger charge is 2.24. The monoisotopic (exact) mass is 293 g/mol. The molecule has 0 saturated carbocycles. The Hall–Kier alpha value is -2.21. The van der Waals surface area contributed by atoms with Gasteiger partial charge in [-0.15, -0.1) is 0 Å². The van der Waals surface area contributed by atoms with E-state index in [1.165, 1.54) is 29.2 Å². The van der Waals surface area contributed by atoms with Crippen molar-refractivity contribution in [1.82, 2.24) is 4.90 Å². The number of ether oxygens (including phenoxy) is 1. The van der Waals surface area contributed by atoms with Crippen LogP contribution >= 0.6 is 0 Å². The Bertz CT molecular complexity index is 558. The maximum atomic E-state index is 13.0. The maximum absolute atomic E-state index is 13.0. The van der Waals surface area contributed by atoms with E-state index in [0.717, 1.165) is 0 Å². The van der Waals surface area contributed by atoms with Gasteiger partial charge < -0.3 is 14.7 Å². The van der Waals surface area contributed by atoms with Crippen molar-refractivity contribution >= 4 is 18.0 Å². The second kappa shape index (κ2) is 6.99. The van der Waals surface area contributed by atoms with E-state index in [4.69, 9.17) is 9.84 Å². The second-order valence-corrected chi connectivity index (χ2v) is 4.76. The highest BCUT2D eigenvalue weighted by Crippen LogP contribution is 2.11. The molecule has 1 amide bonds. The summed E-state index contributed by atoms with van der Waals surface area (Å²) in [4.78, 5) is 24.2. The van der Waals surface area contributed by atoms with Crippen LogP contribution in [-0.4, -0.2) is 47.7 Å². The Morgan fingerprint density at radius 1 is 1.48 bits per heavy atom. The van der Waals surface area contributed by atoms with E-state index in [-0.39, 0.29) is 24.7 Å². The highest BCUT2D eigenvalue weighted by atomic mass is 19.1. The minimum Gasteiger partial charge on any atom is -0.481 e. The molecule has 1 atom stereocenters. The fourth-order valence-electron chi connectivity index (χ4n) is 2.12. The first-order chi connectivity index (χ1) is 10.0. The third kappa shape index (κ3) is 4.68. The molecule has 0 spiro atoms. The average Bonchev–Trinajstić information content (AvgIpc) is 2.44. The molecule has 1 unspecified atom stereocenters. The van der Waals surface area contributed by atoms with Crippen LogP contribution in [-0.2, 0) is 14.3 Å². The fourth-order valence-corrected chi connectivity index (χ4v) is 2.12. The van der Waals surface area contributed by atoms with Crippen molar-refractivity contribution in [2.75, 3.05) is 19.7 Å². The van der Waals surface area contributed by atoms with E-state index in [0.29, 0.717) is 18.7 Å². The van der Waals surface area contributed by atoms with Gasteiger partial charge in [0, 0.05) is 19.2 Å². The Balaban J connectivity index is 1.94. The lowest BCUT2D eigenvalue weighted by molar-refractivity contribution is -0.145. The van der Waals surface area contributed by atoms with Crippen LogP contribution in [0.3, 0.4) is 0 Å². The first kappa shape index (κ1) is 15.2.